The molecule has 0 aliphatic rings. The predicted octanol–water partition coefficient (Wildman–Crippen LogP) is 1.50. The van der Waals surface area contributed by atoms with Crippen LogP contribution < -0.4 is 0 Å². The zero-order chi connectivity index (χ0) is 11.3. The lowest BCUT2D eigenvalue weighted by Crippen LogP contribution is -2.50. The average Bonchev–Trinajstić information content (AvgIpc) is 2.03. The highest BCUT2D eigenvalue weighted by molar-refractivity contribution is 4.79. The molecular formula is C11H25NO2. The molecule has 0 saturated carbocycles. The summed E-state index contributed by atoms with van der Waals surface area (Å²) in [4.78, 5) is 2.30. The van der Waals surface area contributed by atoms with E-state index in [1.54, 1.807) is 7.11 Å². The first-order chi connectivity index (χ1) is 6.41. The number of aliphatic hydroxyl groups excluding tert-OH is 1. The van der Waals surface area contributed by atoms with Crippen molar-refractivity contribution in [1.82, 2.24) is 4.90 Å². The fourth-order valence-corrected chi connectivity index (χ4v) is 2.05. The lowest BCUT2D eigenvalue weighted by Gasteiger charge is -2.38. The van der Waals surface area contributed by atoms with Gasteiger partial charge in [-0.1, -0.05) is 0 Å². The monoisotopic (exact) mass is 203 g/mol. The van der Waals surface area contributed by atoms with Crippen molar-refractivity contribution in [3.8, 4) is 0 Å². The molecule has 0 saturated heterocycles. The zero-order valence-corrected chi connectivity index (χ0v) is 10.3. The molecule has 0 heterocycles. The van der Waals surface area contributed by atoms with E-state index in [-0.39, 0.29) is 6.04 Å². The average molecular weight is 203 g/mol. The Kier molecular flexibility index (Phi) is 6.33. The van der Waals surface area contributed by atoms with Gasteiger partial charge in [-0.3, -0.25) is 4.90 Å². The summed E-state index contributed by atoms with van der Waals surface area (Å²) in [6.45, 7) is 11.0. The number of rotatable bonds is 6. The van der Waals surface area contributed by atoms with Gasteiger partial charge in [0.15, 0.2) is 0 Å². The van der Waals surface area contributed by atoms with Crippen LogP contribution in [-0.4, -0.2) is 48.0 Å². The molecule has 86 valence electrons. The molecule has 14 heavy (non-hydrogen) atoms. The second kappa shape index (κ2) is 6.38. The van der Waals surface area contributed by atoms with Crippen LogP contribution in [0.25, 0.3) is 0 Å². The Morgan fingerprint density at radius 3 is 1.79 bits per heavy atom. The summed E-state index contributed by atoms with van der Waals surface area (Å²) in [5.74, 6) is 0. The van der Waals surface area contributed by atoms with E-state index in [0.29, 0.717) is 18.7 Å². The van der Waals surface area contributed by atoms with Crippen molar-refractivity contribution in [2.75, 3.05) is 13.7 Å². The van der Waals surface area contributed by atoms with E-state index in [0.717, 1.165) is 0 Å². The Hall–Kier alpha value is -0.120. The fourth-order valence-electron chi connectivity index (χ4n) is 2.05. The number of methoxy groups -OCH3 is 1. The molecule has 0 aliphatic carbocycles. The number of hydrogen-bond donors (Lipinski definition) is 1. The smallest absolute Gasteiger partial charge is 0.0925 e. The van der Waals surface area contributed by atoms with E-state index < -0.39 is 6.10 Å². The third-order valence-corrected chi connectivity index (χ3v) is 2.56. The Balaban J connectivity index is 4.35. The second-order valence-electron chi connectivity index (χ2n) is 4.40. The molecule has 0 fully saturated rings. The summed E-state index contributed by atoms with van der Waals surface area (Å²) >= 11 is 0. The van der Waals surface area contributed by atoms with Crippen molar-refractivity contribution in [2.45, 2.75) is 58.8 Å². The maximum Gasteiger partial charge on any atom is 0.0925 e. The minimum Gasteiger partial charge on any atom is -0.389 e. The Morgan fingerprint density at radius 2 is 1.50 bits per heavy atom. The van der Waals surface area contributed by atoms with Crippen LogP contribution in [0.2, 0.25) is 0 Å². The van der Waals surface area contributed by atoms with Crippen LogP contribution in [0.5, 0.6) is 0 Å². The summed E-state index contributed by atoms with van der Waals surface area (Å²) in [5.41, 5.74) is 0. The van der Waals surface area contributed by atoms with Gasteiger partial charge in [0.2, 0.25) is 0 Å². The SMILES string of the molecule is COC[C@H](O)[C@@H](C)N(C(C)C)C(C)C. The van der Waals surface area contributed by atoms with E-state index in [1.807, 2.05) is 6.92 Å². The Morgan fingerprint density at radius 1 is 1.07 bits per heavy atom. The van der Waals surface area contributed by atoms with Crippen molar-refractivity contribution in [3.63, 3.8) is 0 Å². The van der Waals surface area contributed by atoms with Gasteiger partial charge in [-0.15, -0.1) is 0 Å². The summed E-state index contributed by atoms with van der Waals surface area (Å²) in [5, 5.41) is 9.82. The van der Waals surface area contributed by atoms with Crippen molar-refractivity contribution in [3.05, 3.63) is 0 Å². The highest BCUT2D eigenvalue weighted by atomic mass is 16.5. The van der Waals surface area contributed by atoms with Gasteiger partial charge in [-0.2, -0.15) is 0 Å². The number of hydrogen-bond acceptors (Lipinski definition) is 3. The quantitative estimate of drug-likeness (QED) is 0.710. The fraction of sp³-hybridized carbons (Fsp3) is 1.00. The largest absolute Gasteiger partial charge is 0.389 e. The van der Waals surface area contributed by atoms with E-state index in [4.69, 9.17) is 4.74 Å². The zero-order valence-electron chi connectivity index (χ0n) is 10.3. The van der Waals surface area contributed by atoms with Crippen molar-refractivity contribution in [2.24, 2.45) is 0 Å². The molecule has 0 radical (unpaired) electrons. The topological polar surface area (TPSA) is 32.7 Å². The molecule has 0 unspecified atom stereocenters. The van der Waals surface area contributed by atoms with Gasteiger partial charge in [0.25, 0.3) is 0 Å². The van der Waals surface area contributed by atoms with E-state index in [2.05, 4.69) is 32.6 Å². The number of aliphatic hydroxyl groups is 1. The molecule has 2 atom stereocenters. The van der Waals surface area contributed by atoms with Gasteiger partial charge in [-0.05, 0) is 34.6 Å². The molecule has 0 bridgehead atoms. The van der Waals surface area contributed by atoms with E-state index in [9.17, 15) is 5.11 Å². The third-order valence-electron chi connectivity index (χ3n) is 2.56. The molecule has 3 heteroatoms. The Labute approximate surface area is 88.1 Å². The molecule has 3 nitrogen and oxygen atoms in total. The van der Waals surface area contributed by atoms with Gasteiger partial charge >= 0.3 is 0 Å². The molecule has 0 aliphatic heterocycles. The molecule has 0 rings (SSSR count). The van der Waals surface area contributed by atoms with Crippen molar-refractivity contribution in [1.29, 1.82) is 0 Å². The molecule has 0 amide bonds. The molecule has 1 N–H and O–H groups in total. The van der Waals surface area contributed by atoms with Gasteiger partial charge in [0.05, 0.1) is 12.7 Å². The second-order valence-corrected chi connectivity index (χ2v) is 4.40. The summed E-state index contributed by atoms with van der Waals surface area (Å²) in [6.07, 6.45) is -0.412. The van der Waals surface area contributed by atoms with Gasteiger partial charge in [0, 0.05) is 25.2 Å². The van der Waals surface area contributed by atoms with Gasteiger partial charge < -0.3 is 9.84 Å². The Bertz CT molecular complexity index is 140. The van der Waals surface area contributed by atoms with Crippen LogP contribution in [0.4, 0.5) is 0 Å². The van der Waals surface area contributed by atoms with E-state index in [1.165, 1.54) is 0 Å². The highest BCUT2D eigenvalue weighted by Gasteiger charge is 2.25. The molecular weight excluding hydrogens is 178 g/mol. The number of nitrogens with zero attached hydrogens (tertiary/aromatic N) is 1. The van der Waals surface area contributed by atoms with Crippen molar-refractivity contribution >= 4 is 0 Å². The maximum absolute atomic E-state index is 9.82. The third kappa shape index (κ3) is 3.95. The van der Waals surface area contributed by atoms with Gasteiger partial charge in [-0.25, -0.2) is 0 Å². The first kappa shape index (κ1) is 13.9. The van der Waals surface area contributed by atoms with Crippen LogP contribution in [-0.2, 0) is 4.74 Å². The van der Waals surface area contributed by atoms with Crippen molar-refractivity contribution < 1.29 is 9.84 Å². The summed E-state index contributed by atoms with van der Waals surface area (Å²) in [6, 6.07) is 1.02. The predicted molar refractivity (Wildman–Crippen MR) is 59.5 cm³/mol. The first-order valence-corrected chi connectivity index (χ1v) is 5.36. The lowest BCUT2D eigenvalue weighted by molar-refractivity contribution is -0.0183. The molecule has 0 aromatic carbocycles. The number of ether oxygens (including phenoxy) is 1. The molecule has 0 spiro atoms. The summed E-state index contributed by atoms with van der Waals surface area (Å²) < 4.78 is 4.96. The minimum absolute atomic E-state index is 0.134. The van der Waals surface area contributed by atoms with Crippen LogP contribution >= 0.6 is 0 Å². The maximum atomic E-state index is 9.82. The highest BCUT2D eigenvalue weighted by Crippen LogP contribution is 2.13. The summed E-state index contributed by atoms with van der Waals surface area (Å²) in [7, 11) is 1.62. The first-order valence-electron chi connectivity index (χ1n) is 5.36. The van der Waals surface area contributed by atoms with Crippen LogP contribution in [0.3, 0.4) is 0 Å². The van der Waals surface area contributed by atoms with E-state index >= 15 is 0 Å². The standard InChI is InChI=1S/C11H25NO2/c1-8(2)12(9(3)4)10(5)11(13)7-14-6/h8-11,13H,7H2,1-6H3/t10-,11+/m1/s1. The van der Waals surface area contributed by atoms with Gasteiger partial charge in [0.1, 0.15) is 0 Å². The molecule has 0 aromatic rings. The minimum atomic E-state index is -0.412. The van der Waals surface area contributed by atoms with Crippen LogP contribution in [0.1, 0.15) is 34.6 Å². The molecule has 0 aromatic heterocycles. The lowest BCUT2D eigenvalue weighted by atomic mass is 10.1. The normalized spacial score (nSPS) is 16.7. The van der Waals surface area contributed by atoms with Crippen LogP contribution in [0.15, 0.2) is 0 Å². The van der Waals surface area contributed by atoms with Crippen LogP contribution in [0, 0.1) is 0 Å².